The molecule has 1 amide bonds. The summed E-state index contributed by atoms with van der Waals surface area (Å²) in [5.74, 6) is 0.180. The number of aromatic nitrogens is 2. The molecular weight excluding hydrogens is 435 g/mol. The van der Waals surface area contributed by atoms with Crippen molar-refractivity contribution in [3.05, 3.63) is 64.8 Å². The molecule has 1 heterocycles. The average molecular weight is 448 g/mol. The van der Waals surface area contributed by atoms with Crippen LogP contribution < -0.4 is 14.4 Å². The Morgan fingerprint density at radius 1 is 1.26 bits per heavy atom. The molecule has 137 valence electrons. The molecule has 0 aliphatic heterocycles. The van der Waals surface area contributed by atoms with Gasteiger partial charge in [-0.2, -0.15) is 0 Å². The van der Waals surface area contributed by atoms with Crippen LogP contribution in [0.25, 0.3) is 0 Å². The molecule has 8 nitrogen and oxygen atoms in total. The predicted molar refractivity (Wildman–Crippen MR) is 100 cm³/mol. The molecule has 27 heavy (non-hydrogen) atoms. The molecule has 1 radical (unpaired) electrons. The second-order valence-corrected chi connectivity index (χ2v) is 8.04. The van der Waals surface area contributed by atoms with Crippen LogP contribution in [0.4, 0.5) is 5.82 Å². The molecule has 1 aromatic heterocycles. The van der Waals surface area contributed by atoms with Crippen molar-refractivity contribution in [2.75, 3.05) is 12.4 Å². The Kier molecular flexibility index (Phi) is 6.11. The van der Waals surface area contributed by atoms with Crippen LogP contribution in [0.1, 0.15) is 16.1 Å². The zero-order valence-electron chi connectivity index (χ0n) is 14.0. The van der Waals surface area contributed by atoms with Crippen LogP contribution in [0.3, 0.4) is 0 Å². The fourth-order valence-corrected chi connectivity index (χ4v) is 4.41. The molecule has 0 aliphatic rings. The Bertz CT molecular complexity index is 992. The summed E-state index contributed by atoms with van der Waals surface area (Å²) in [5.41, 5.74) is 0.530. The molecule has 2 aromatic carbocycles. The van der Waals surface area contributed by atoms with E-state index < -0.39 is 21.7 Å². The standard InChI is InChI=1S/C17H13AsClN4O4/c1-26-13-7-2-4-10(8-13)17(24)20-16-14(22-27-23-16)15(21-25)18-11-5-3-6-12(19)9-11/h2-9,25H,1H3,(H,20,23,24)/b21-15+. The molecule has 0 atom stereocenters. The van der Waals surface area contributed by atoms with Crippen LogP contribution in [-0.4, -0.2) is 48.8 Å². The van der Waals surface area contributed by atoms with Crippen molar-refractivity contribution in [3.8, 4) is 5.75 Å². The predicted octanol–water partition coefficient (Wildman–Crippen LogP) is 2.15. The van der Waals surface area contributed by atoms with Crippen molar-refractivity contribution < 1.29 is 19.4 Å². The first-order chi connectivity index (χ1) is 13.1. The third-order valence-corrected chi connectivity index (χ3v) is 5.84. The maximum atomic E-state index is 12.5. The van der Waals surface area contributed by atoms with E-state index >= 15 is 0 Å². The van der Waals surface area contributed by atoms with Crippen molar-refractivity contribution in [1.82, 2.24) is 10.3 Å². The second-order valence-electron chi connectivity index (χ2n) is 5.16. The van der Waals surface area contributed by atoms with Gasteiger partial charge in [0.25, 0.3) is 0 Å². The van der Waals surface area contributed by atoms with Crippen LogP contribution in [0.15, 0.2) is 58.3 Å². The van der Waals surface area contributed by atoms with Gasteiger partial charge in [-0.3, -0.25) is 0 Å². The van der Waals surface area contributed by atoms with E-state index in [1.165, 1.54) is 7.11 Å². The topological polar surface area (TPSA) is 110 Å². The number of rotatable bonds is 6. The second kappa shape index (κ2) is 8.70. The summed E-state index contributed by atoms with van der Waals surface area (Å²) in [7, 11) is 1.51. The fraction of sp³-hybridized carbons (Fsp3) is 0.0588. The zero-order valence-corrected chi connectivity index (χ0v) is 16.6. The maximum absolute atomic E-state index is 12.5. The van der Waals surface area contributed by atoms with Gasteiger partial charge in [0.1, 0.15) is 0 Å². The molecule has 10 heteroatoms. The first kappa shape index (κ1) is 18.9. The van der Waals surface area contributed by atoms with Gasteiger partial charge in [-0.1, -0.05) is 0 Å². The van der Waals surface area contributed by atoms with Crippen molar-refractivity contribution in [2.45, 2.75) is 0 Å². The van der Waals surface area contributed by atoms with E-state index in [-0.39, 0.29) is 16.0 Å². The molecular formula is C17H13AsClN4O4. The molecule has 0 bridgehead atoms. The monoisotopic (exact) mass is 447 g/mol. The summed E-state index contributed by atoms with van der Waals surface area (Å²) in [6.45, 7) is 0. The van der Waals surface area contributed by atoms with Crippen LogP contribution in [0.5, 0.6) is 5.75 Å². The van der Waals surface area contributed by atoms with Gasteiger partial charge in [-0.05, 0) is 0 Å². The number of oxime groups is 1. The number of ether oxygens (including phenoxy) is 1. The number of halogens is 1. The molecule has 0 aliphatic carbocycles. The van der Waals surface area contributed by atoms with Gasteiger partial charge in [0.2, 0.25) is 0 Å². The summed E-state index contributed by atoms with van der Waals surface area (Å²) < 4.78 is 11.0. The van der Waals surface area contributed by atoms with E-state index in [2.05, 4.69) is 20.8 Å². The van der Waals surface area contributed by atoms with Crippen molar-refractivity contribution in [3.63, 3.8) is 0 Å². The number of methoxy groups -OCH3 is 1. The summed E-state index contributed by atoms with van der Waals surface area (Å²) in [5, 5.41) is 23.4. The number of hydrogen-bond donors (Lipinski definition) is 2. The molecule has 0 fully saturated rings. The molecule has 0 spiro atoms. The van der Waals surface area contributed by atoms with E-state index in [4.69, 9.17) is 21.0 Å². The van der Waals surface area contributed by atoms with Gasteiger partial charge < -0.3 is 0 Å². The van der Waals surface area contributed by atoms with E-state index in [0.29, 0.717) is 16.3 Å². The Morgan fingerprint density at radius 3 is 2.81 bits per heavy atom. The van der Waals surface area contributed by atoms with Gasteiger partial charge in [0.15, 0.2) is 0 Å². The number of carbonyl (C=O) groups excluding carboxylic acids is 1. The minimum atomic E-state index is -0.763. The quantitative estimate of drug-likeness (QED) is 0.259. The van der Waals surface area contributed by atoms with E-state index in [1.54, 1.807) is 42.5 Å². The third-order valence-electron chi connectivity index (χ3n) is 3.40. The summed E-state index contributed by atoms with van der Waals surface area (Å²) in [6, 6.07) is 13.8. The van der Waals surface area contributed by atoms with Gasteiger partial charge >= 0.3 is 166 Å². The number of amides is 1. The van der Waals surface area contributed by atoms with Gasteiger partial charge in [-0.25, -0.2) is 0 Å². The zero-order chi connectivity index (χ0) is 19.2. The van der Waals surface area contributed by atoms with E-state index in [1.807, 2.05) is 6.07 Å². The average Bonchev–Trinajstić information content (AvgIpc) is 3.14. The minimum absolute atomic E-state index is 0.0629. The fourth-order valence-electron chi connectivity index (χ4n) is 2.15. The normalized spacial score (nSPS) is 11.7. The Balaban J connectivity index is 1.81. The van der Waals surface area contributed by atoms with Crippen molar-refractivity contribution in [2.24, 2.45) is 5.16 Å². The number of carbonyl (C=O) groups is 1. The van der Waals surface area contributed by atoms with E-state index in [9.17, 15) is 10.0 Å². The molecule has 3 aromatic rings. The Morgan fingerprint density at radius 2 is 2.07 bits per heavy atom. The molecule has 0 unspecified atom stereocenters. The van der Waals surface area contributed by atoms with Crippen molar-refractivity contribution >= 4 is 47.9 Å². The summed E-state index contributed by atoms with van der Waals surface area (Å²) in [4.78, 5) is 12.5. The van der Waals surface area contributed by atoms with Crippen LogP contribution in [0, 0.1) is 0 Å². The van der Waals surface area contributed by atoms with Crippen molar-refractivity contribution in [1.29, 1.82) is 0 Å². The first-order valence-corrected chi connectivity index (χ1v) is 9.84. The Hall–Kier alpha value is -2.83. The number of hydrogen-bond acceptors (Lipinski definition) is 7. The van der Waals surface area contributed by atoms with Gasteiger partial charge in [0, 0.05) is 0 Å². The van der Waals surface area contributed by atoms with Gasteiger partial charge in [-0.15, -0.1) is 0 Å². The van der Waals surface area contributed by atoms with Crippen LogP contribution in [0.2, 0.25) is 5.02 Å². The van der Waals surface area contributed by atoms with E-state index in [0.717, 1.165) is 4.35 Å². The van der Waals surface area contributed by atoms with Crippen LogP contribution in [-0.2, 0) is 0 Å². The number of nitrogens with zero attached hydrogens (tertiary/aromatic N) is 3. The van der Waals surface area contributed by atoms with Gasteiger partial charge in [0.05, 0.1) is 0 Å². The SMILES string of the molecule is COc1cccc(C(=O)Nc2nonc2/C(=N\O)[As]c2cccc(Cl)c2)c1. The Labute approximate surface area is 165 Å². The molecule has 2 N–H and O–H groups in total. The third kappa shape index (κ3) is 4.67. The molecule has 0 saturated carbocycles. The number of benzene rings is 2. The van der Waals surface area contributed by atoms with Crippen LogP contribution >= 0.6 is 11.6 Å². The summed E-state index contributed by atoms with van der Waals surface area (Å²) >= 11 is 5.22. The summed E-state index contributed by atoms with van der Waals surface area (Å²) in [6.07, 6.45) is 0. The number of nitrogens with one attached hydrogen (secondary N) is 1. The molecule has 0 saturated heterocycles. The first-order valence-electron chi connectivity index (χ1n) is 7.58. The molecule has 3 rings (SSSR count). The number of anilines is 1.